The molecule has 1 fully saturated rings. The quantitative estimate of drug-likeness (QED) is 0.814. The molecule has 4 nitrogen and oxygen atoms in total. The number of hydrogen-bond donors (Lipinski definition) is 2. The minimum Gasteiger partial charge on any atom is -0.478 e. The van der Waals surface area contributed by atoms with Gasteiger partial charge in [-0.1, -0.05) is 20.8 Å². The van der Waals surface area contributed by atoms with Crippen LogP contribution in [0.3, 0.4) is 0 Å². The first kappa shape index (κ1) is 14.7. The fourth-order valence-electron chi connectivity index (χ4n) is 2.98. The molecule has 1 saturated heterocycles. The number of hydrogen-bond acceptors (Lipinski definition) is 3. The molecule has 1 heterocycles. The van der Waals surface area contributed by atoms with Crippen molar-refractivity contribution in [2.75, 3.05) is 23.7 Å². The number of nitrogen functional groups attached to an aromatic ring is 1. The molecule has 0 amide bonds. The summed E-state index contributed by atoms with van der Waals surface area (Å²) in [4.78, 5) is 13.5. The van der Waals surface area contributed by atoms with E-state index >= 15 is 0 Å². The Kier molecular flexibility index (Phi) is 3.93. The smallest absolute Gasteiger partial charge is 0.337 e. The lowest BCUT2D eigenvalue weighted by Crippen LogP contribution is -2.38. The van der Waals surface area contributed by atoms with E-state index in [1.165, 1.54) is 0 Å². The van der Waals surface area contributed by atoms with Crippen molar-refractivity contribution in [3.8, 4) is 0 Å². The zero-order chi connectivity index (χ0) is 14.9. The zero-order valence-corrected chi connectivity index (χ0v) is 12.5. The number of benzene rings is 1. The molecule has 1 aromatic rings. The highest BCUT2D eigenvalue weighted by molar-refractivity contribution is 5.95. The van der Waals surface area contributed by atoms with Gasteiger partial charge < -0.3 is 15.7 Å². The van der Waals surface area contributed by atoms with Crippen LogP contribution in [0.2, 0.25) is 0 Å². The second kappa shape index (κ2) is 5.35. The number of rotatable bonds is 2. The van der Waals surface area contributed by atoms with E-state index in [0.717, 1.165) is 31.6 Å². The molecule has 0 spiro atoms. The Morgan fingerprint density at radius 1 is 1.30 bits per heavy atom. The van der Waals surface area contributed by atoms with Crippen LogP contribution in [0.5, 0.6) is 0 Å². The van der Waals surface area contributed by atoms with Gasteiger partial charge in [-0.05, 0) is 42.4 Å². The summed E-state index contributed by atoms with van der Waals surface area (Å²) in [6, 6.07) is 5.03. The molecular formula is C16H24N2O2. The van der Waals surface area contributed by atoms with Crippen molar-refractivity contribution >= 4 is 17.3 Å². The highest BCUT2D eigenvalue weighted by Crippen LogP contribution is 2.36. The normalized spacial score (nSPS) is 17.2. The summed E-state index contributed by atoms with van der Waals surface area (Å²) in [6.07, 6.45) is 2.19. The van der Waals surface area contributed by atoms with Gasteiger partial charge in [-0.3, -0.25) is 0 Å². The number of piperidine rings is 1. The van der Waals surface area contributed by atoms with Crippen LogP contribution in [0.4, 0.5) is 11.4 Å². The number of carboxylic acids is 1. The van der Waals surface area contributed by atoms with Gasteiger partial charge in [0.2, 0.25) is 0 Å². The van der Waals surface area contributed by atoms with E-state index in [0.29, 0.717) is 22.6 Å². The molecule has 4 heteroatoms. The second-order valence-electron chi connectivity index (χ2n) is 6.71. The van der Waals surface area contributed by atoms with Crippen molar-refractivity contribution in [2.45, 2.75) is 33.6 Å². The molecule has 0 aromatic heterocycles. The Balaban J connectivity index is 2.18. The average Bonchev–Trinajstić information content (AvgIpc) is 2.37. The molecular weight excluding hydrogens is 252 g/mol. The summed E-state index contributed by atoms with van der Waals surface area (Å²) in [5, 5.41) is 9.30. The summed E-state index contributed by atoms with van der Waals surface area (Å²) < 4.78 is 0. The monoisotopic (exact) mass is 276 g/mol. The van der Waals surface area contributed by atoms with Gasteiger partial charge >= 0.3 is 5.97 Å². The summed E-state index contributed by atoms with van der Waals surface area (Å²) in [5.41, 5.74) is 7.84. The van der Waals surface area contributed by atoms with Gasteiger partial charge in [-0.25, -0.2) is 4.79 Å². The summed E-state index contributed by atoms with van der Waals surface area (Å²) >= 11 is 0. The first-order valence-corrected chi connectivity index (χ1v) is 7.17. The number of carbonyl (C=O) groups is 1. The highest BCUT2D eigenvalue weighted by atomic mass is 16.4. The predicted molar refractivity (Wildman–Crippen MR) is 82.2 cm³/mol. The van der Waals surface area contributed by atoms with Crippen molar-refractivity contribution in [1.29, 1.82) is 0 Å². The van der Waals surface area contributed by atoms with Crippen LogP contribution in [0, 0.1) is 11.3 Å². The molecule has 0 unspecified atom stereocenters. The lowest BCUT2D eigenvalue weighted by Gasteiger charge is -2.40. The largest absolute Gasteiger partial charge is 0.478 e. The third kappa shape index (κ3) is 3.06. The van der Waals surface area contributed by atoms with Gasteiger partial charge in [0.15, 0.2) is 0 Å². The van der Waals surface area contributed by atoms with Crippen molar-refractivity contribution < 1.29 is 9.90 Å². The van der Waals surface area contributed by atoms with E-state index in [1.54, 1.807) is 18.2 Å². The minimum absolute atomic E-state index is 0.317. The Labute approximate surface area is 120 Å². The molecule has 1 aliphatic rings. The summed E-state index contributed by atoms with van der Waals surface area (Å²) in [5.74, 6) is -0.203. The number of nitrogens with two attached hydrogens (primary N) is 1. The van der Waals surface area contributed by atoms with Crippen LogP contribution in [0.25, 0.3) is 0 Å². The number of aromatic carboxylic acids is 1. The van der Waals surface area contributed by atoms with Crippen molar-refractivity contribution in [1.82, 2.24) is 0 Å². The molecule has 0 saturated carbocycles. The van der Waals surface area contributed by atoms with Crippen LogP contribution in [-0.2, 0) is 0 Å². The lowest BCUT2D eigenvalue weighted by molar-refractivity contribution is 0.0697. The molecule has 0 atom stereocenters. The van der Waals surface area contributed by atoms with Crippen LogP contribution in [0.15, 0.2) is 18.2 Å². The van der Waals surface area contributed by atoms with Crippen LogP contribution < -0.4 is 10.6 Å². The van der Waals surface area contributed by atoms with Crippen LogP contribution in [0.1, 0.15) is 44.0 Å². The van der Waals surface area contributed by atoms with Gasteiger partial charge in [0.1, 0.15) is 0 Å². The maximum atomic E-state index is 11.3. The molecule has 110 valence electrons. The number of carboxylic acid groups (broad SMARTS) is 1. The molecule has 20 heavy (non-hydrogen) atoms. The summed E-state index contributed by atoms with van der Waals surface area (Å²) in [6.45, 7) is 8.61. The van der Waals surface area contributed by atoms with Gasteiger partial charge in [-0.2, -0.15) is 0 Å². The van der Waals surface area contributed by atoms with E-state index in [9.17, 15) is 9.90 Å². The summed E-state index contributed by atoms with van der Waals surface area (Å²) in [7, 11) is 0. The molecule has 1 aromatic carbocycles. The van der Waals surface area contributed by atoms with Crippen LogP contribution >= 0.6 is 0 Å². The third-order valence-corrected chi connectivity index (χ3v) is 4.31. The Morgan fingerprint density at radius 2 is 1.90 bits per heavy atom. The topological polar surface area (TPSA) is 66.6 Å². The maximum Gasteiger partial charge on any atom is 0.337 e. The SMILES string of the molecule is CC(C)(C)C1CCN(c2cc(N)ccc2C(=O)O)CC1. The van der Waals surface area contributed by atoms with Gasteiger partial charge in [0.05, 0.1) is 11.3 Å². The minimum atomic E-state index is -0.891. The van der Waals surface area contributed by atoms with Crippen molar-refractivity contribution in [2.24, 2.45) is 11.3 Å². The van der Waals surface area contributed by atoms with Crippen molar-refractivity contribution in [3.63, 3.8) is 0 Å². The van der Waals surface area contributed by atoms with E-state index in [4.69, 9.17) is 5.73 Å². The lowest BCUT2D eigenvalue weighted by atomic mass is 9.75. The number of anilines is 2. The van der Waals surface area contributed by atoms with E-state index in [-0.39, 0.29) is 0 Å². The number of nitrogens with zero attached hydrogens (tertiary/aromatic N) is 1. The zero-order valence-electron chi connectivity index (χ0n) is 12.5. The molecule has 1 aliphatic heterocycles. The Morgan fingerprint density at radius 3 is 2.40 bits per heavy atom. The second-order valence-corrected chi connectivity index (χ2v) is 6.71. The van der Waals surface area contributed by atoms with Gasteiger partial charge in [-0.15, -0.1) is 0 Å². The molecule has 3 N–H and O–H groups in total. The Bertz CT molecular complexity index is 498. The first-order chi connectivity index (χ1) is 9.29. The van der Waals surface area contributed by atoms with E-state index < -0.39 is 5.97 Å². The molecule has 0 radical (unpaired) electrons. The molecule has 2 rings (SSSR count). The van der Waals surface area contributed by atoms with Crippen molar-refractivity contribution in [3.05, 3.63) is 23.8 Å². The average molecular weight is 276 g/mol. The van der Waals surface area contributed by atoms with E-state index in [2.05, 4.69) is 25.7 Å². The Hall–Kier alpha value is -1.71. The van der Waals surface area contributed by atoms with E-state index in [1.807, 2.05) is 0 Å². The van der Waals surface area contributed by atoms with Gasteiger partial charge in [0, 0.05) is 18.8 Å². The maximum absolute atomic E-state index is 11.3. The fourth-order valence-corrected chi connectivity index (χ4v) is 2.98. The third-order valence-electron chi connectivity index (χ3n) is 4.31. The van der Waals surface area contributed by atoms with Crippen LogP contribution in [-0.4, -0.2) is 24.2 Å². The standard InChI is InChI=1S/C16H24N2O2/c1-16(2,3)11-6-8-18(9-7-11)14-10-12(17)4-5-13(14)15(19)20/h4-5,10-11H,6-9,17H2,1-3H3,(H,19,20). The molecule has 0 bridgehead atoms. The fraction of sp³-hybridized carbons (Fsp3) is 0.562. The molecule has 0 aliphatic carbocycles. The highest BCUT2D eigenvalue weighted by Gasteiger charge is 2.29. The first-order valence-electron chi connectivity index (χ1n) is 7.17. The van der Waals surface area contributed by atoms with Gasteiger partial charge in [0.25, 0.3) is 0 Å². The predicted octanol–water partition coefficient (Wildman–Crippen LogP) is 3.23.